The number of nitrogens with one attached hydrogen (secondary N) is 1. The van der Waals surface area contributed by atoms with Crippen LogP contribution in [0.4, 0.5) is 24.7 Å². The van der Waals surface area contributed by atoms with Gasteiger partial charge in [-0.1, -0.05) is 6.92 Å². The van der Waals surface area contributed by atoms with E-state index < -0.39 is 17.5 Å². The molecule has 0 aliphatic carbocycles. The van der Waals surface area contributed by atoms with Crippen molar-refractivity contribution in [2.24, 2.45) is 0 Å². The Morgan fingerprint density at radius 3 is 2.54 bits per heavy atom. The largest absolute Gasteiger partial charge is 0.338 e. The maximum Gasteiger partial charge on any atom is 0.272 e. The summed E-state index contributed by atoms with van der Waals surface area (Å²) < 4.78 is 40.1. The number of carbonyl (C=O) groups excluding carboxylic acids is 1. The molecule has 1 aliphatic rings. The van der Waals surface area contributed by atoms with Crippen molar-refractivity contribution in [3.05, 3.63) is 47.7 Å². The third-order valence-electron chi connectivity index (χ3n) is 4.29. The van der Waals surface area contributed by atoms with Gasteiger partial charge in [-0.2, -0.15) is 0 Å². The second kappa shape index (κ2) is 7.69. The Morgan fingerprint density at radius 2 is 1.85 bits per heavy atom. The maximum atomic E-state index is 13.8. The first-order valence-electron chi connectivity index (χ1n) is 8.23. The number of rotatable bonds is 4. The topological polar surface area (TPSA) is 61.4 Å². The van der Waals surface area contributed by atoms with E-state index in [2.05, 4.69) is 27.1 Å². The van der Waals surface area contributed by atoms with E-state index in [1.54, 1.807) is 4.90 Å². The normalized spacial score (nSPS) is 15.2. The average molecular weight is 365 g/mol. The van der Waals surface area contributed by atoms with Gasteiger partial charge in [0.25, 0.3) is 5.91 Å². The number of aromatic nitrogens is 2. The number of amides is 1. The molecule has 1 saturated heterocycles. The summed E-state index contributed by atoms with van der Waals surface area (Å²) in [6, 6.07) is 3.22. The van der Waals surface area contributed by atoms with Crippen LogP contribution >= 0.6 is 0 Å². The molecule has 1 fully saturated rings. The maximum absolute atomic E-state index is 13.8. The highest BCUT2D eigenvalue weighted by molar-refractivity contribution is 5.93. The summed E-state index contributed by atoms with van der Waals surface area (Å²) >= 11 is 0. The Kier molecular flexibility index (Phi) is 5.36. The molecule has 1 aliphatic heterocycles. The van der Waals surface area contributed by atoms with Crippen molar-refractivity contribution in [2.75, 3.05) is 38.0 Å². The van der Waals surface area contributed by atoms with Crippen LogP contribution in [-0.4, -0.2) is 58.4 Å². The highest BCUT2D eigenvalue weighted by Gasteiger charge is 2.23. The summed E-state index contributed by atoms with van der Waals surface area (Å²) in [4.78, 5) is 24.4. The first-order chi connectivity index (χ1) is 12.5. The zero-order valence-corrected chi connectivity index (χ0v) is 14.2. The molecule has 0 saturated carbocycles. The number of piperazine rings is 1. The SMILES string of the molecule is CCN1CCN(C(=O)c2cc(Nc3ccc(F)c(F)c3F)ncn2)CC1. The van der Waals surface area contributed by atoms with E-state index >= 15 is 0 Å². The Labute approximate surface area is 148 Å². The second-order valence-electron chi connectivity index (χ2n) is 5.86. The first kappa shape index (κ1) is 18.1. The predicted octanol–water partition coefficient (Wildman–Crippen LogP) is 2.42. The summed E-state index contributed by atoms with van der Waals surface area (Å²) in [6.45, 7) is 5.77. The number of hydrogen-bond donors (Lipinski definition) is 1. The van der Waals surface area contributed by atoms with Gasteiger partial charge in [0.1, 0.15) is 17.8 Å². The minimum absolute atomic E-state index is 0.112. The van der Waals surface area contributed by atoms with Crippen molar-refractivity contribution in [1.82, 2.24) is 19.8 Å². The Hall–Kier alpha value is -2.68. The molecule has 2 heterocycles. The van der Waals surface area contributed by atoms with Gasteiger partial charge >= 0.3 is 0 Å². The minimum atomic E-state index is -1.57. The minimum Gasteiger partial charge on any atom is -0.338 e. The highest BCUT2D eigenvalue weighted by Crippen LogP contribution is 2.23. The lowest BCUT2D eigenvalue weighted by Gasteiger charge is -2.33. The van der Waals surface area contributed by atoms with Gasteiger partial charge in [-0.25, -0.2) is 23.1 Å². The number of hydrogen-bond acceptors (Lipinski definition) is 5. The molecular weight excluding hydrogens is 347 g/mol. The van der Waals surface area contributed by atoms with Gasteiger partial charge in [0.2, 0.25) is 0 Å². The van der Waals surface area contributed by atoms with Crippen LogP contribution in [0.2, 0.25) is 0 Å². The van der Waals surface area contributed by atoms with Crippen molar-refractivity contribution in [1.29, 1.82) is 0 Å². The molecular formula is C17H18F3N5O. The van der Waals surface area contributed by atoms with E-state index in [4.69, 9.17) is 0 Å². The number of anilines is 2. The monoisotopic (exact) mass is 365 g/mol. The molecule has 138 valence electrons. The molecule has 1 N–H and O–H groups in total. The molecule has 0 spiro atoms. The van der Waals surface area contributed by atoms with Gasteiger partial charge < -0.3 is 15.1 Å². The number of likely N-dealkylation sites (N-methyl/N-ethyl adjacent to an activating group) is 1. The molecule has 2 aromatic rings. The number of carbonyl (C=O) groups is 1. The Bertz CT molecular complexity index is 809. The smallest absolute Gasteiger partial charge is 0.272 e. The highest BCUT2D eigenvalue weighted by atomic mass is 19.2. The van der Waals surface area contributed by atoms with E-state index in [1.807, 2.05) is 0 Å². The molecule has 0 bridgehead atoms. The van der Waals surface area contributed by atoms with Crippen LogP contribution in [-0.2, 0) is 0 Å². The third kappa shape index (κ3) is 3.77. The summed E-state index contributed by atoms with van der Waals surface area (Å²) in [5, 5.41) is 2.54. The van der Waals surface area contributed by atoms with Crippen molar-refractivity contribution in [3.63, 3.8) is 0 Å². The van der Waals surface area contributed by atoms with Crippen LogP contribution in [0, 0.1) is 17.5 Å². The second-order valence-corrected chi connectivity index (χ2v) is 5.86. The lowest BCUT2D eigenvalue weighted by Crippen LogP contribution is -2.48. The zero-order chi connectivity index (χ0) is 18.7. The van der Waals surface area contributed by atoms with Crippen molar-refractivity contribution >= 4 is 17.4 Å². The quantitative estimate of drug-likeness (QED) is 0.844. The van der Waals surface area contributed by atoms with E-state index in [1.165, 1.54) is 6.07 Å². The predicted molar refractivity (Wildman–Crippen MR) is 89.6 cm³/mol. The van der Waals surface area contributed by atoms with Crippen molar-refractivity contribution in [2.45, 2.75) is 6.92 Å². The van der Waals surface area contributed by atoms with Crippen LogP contribution in [0.3, 0.4) is 0 Å². The number of nitrogens with zero attached hydrogens (tertiary/aromatic N) is 4. The fourth-order valence-electron chi connectivity index (χ4n) is 2.73. The molecule has 1 aromatic carbocycles. The molecule has 1 amide bonds. The summed E-state index contributed by atoms with van der Waals surface area (Å²) in [6.07, 6.45) is 1.16. The number of benzene rings is 1. The molecule has 0 unspecified atom stereocenters. The average Bonchev–Trinajstić information content (AvgIpc) is 2.68. The molecule has 0 radical (unpaired) electrons. The van der Waals surface area contributed by atoms with Crippen LogP contribution < -0.4 is 5.32 Å². The van der Waals surface area contributed by atoms with Gasteiger partial charge in [0.05, 0.1) is 5.69 Å². The lowest BCUT2D eigenvalue weighted by atomic mass is 10.2. The summed E-state index contributed by atoms with van der Waals surface area (Å²) in [5.74, 6) is -4.35. The number of halogens is 3. The van der Waals surface area contributed by atoms with Crippen LogP contribution in [0.25, 0.3) is 0 Å². The first-order valence-corrected chi connectivity index (χ1v) is 8.23. The zero-order valence-electron chi connectivity index (χ0n) is 14.2. The van der Waals surface area contributed by atoms with Crippen molar-refractivity contribution in [3.8, 4) is 0 Å². The standard InChI is InChI=1S/C17H18F3N5O/c1-2-24-5-7-25(8-6-24)17(26)13-9-14(22-10-21-13)23-12-4-3-11(18)15(19)16(12)20/h3-4,9-10H,2,5-8H2,1H3,(H,21,22,23). The molecule has 1 aromatic heterocycles. The van der Waals surface area contributed by atoms with Gasteiger partial charge in [0, 0.05) is 32.2 Å². The van der Waals surface area contributed by atoms with Gasteiger partial charge in [-0.15, -0.1) is 0 Å². The van der Waals surface area contributed by atoms with E-state index in [0.717, 1.165) is 38.1 Å². The molecule has 6 nitrogen and oxygen atoms in total. The third-order valence-corrected chi connectivity index (χ3v) is 4.29. The summed E-state index contributed by atoms with van der Waals surface area (Å²) in [7, 11) is 0. The van der Waals surface area contributed by atoms with E-state index in [0.29, 0.717) is 13.1 Å². The molecule has 0 atom stereocenters. The Morgan fingerprint density at radius 1 is 1.12 bits per heavy atom. The molecule has 26 heavy (non-hydrogen) atoms. The van der Waals surface area contributed by atoms with Crippen molar-refractivity contribution < 1.29 is 18.0 Å². The van der Waals surface area contributed by atoms with Gasteiger partial charge in [-0.3, -0.25) is 4.79 Å². The van der Waals surface area contributed by atoms with Gasteiger partial charge in [0.15, 0.2) is 17.5 Å². The molecule has 9 heteroatoms. The molecule has 3 rings (SSSR count). The van der Waals surface area contributed by atoms with Crippen LogP contribution in [0.15, 0.2) is 24.5 Å². The Balaban J connectivity index is 1.74. The van der Waals surface area contributed by atoms with Gasteiger partial charge in [-0.05, 0) is 18.7 Å². The fraction of sp³-hybridized carbons (Fsp3) is 0.353. The van der Waals surface area contributed by atoms with Crippen LogP contribution in [0.1, 0.15) is 17.4 Å². The summed E-state index contributed by atoms with van der Waals surface area (Å²) in [5.41, 5.74) is -0.131. The fourth-order valence-corrected chi connectivity index (χ4v) is 2.73. The lowest BCUT2D eigenvalue weighted by molar-refractivity contribution is 0.0637. The van der Waals surface area contributed by atoms with E-state index in [-0.39, 0.29) is 23.1 Å². The van der Waals surface area contributed by atoms with E-state index in [9.17, 15) is 18.0 Å². The van der Waals surface area contributed by atoms with Crippen LogP contribution in [0.5, 0.6) is 0 Å².